The van der Waals surface area contributed by atoms with Crippen molar-refractivity contribution in [2.45, 2.75) is 99.3 Å². The van der Waals surface area contributed by atoms with Crippen molar-refractivity contribution in [1.29, 1.82) is 0 Å². The third kappa shape index (κ3) is 9.82. The van der Waals surface area contributed by atoms with Gasteiger partial charge in [-0.1, -0.05) is 218 Å². The summed E-state index contributed by atoms with van der Waals surface area (Å²) in [5.41, 5.74) is 13.4. The molecule has 0 saturated heterocycles. The molecule has 10 aromatic rings. The van der Waals surface area contributed by atoms with Gasteiger partial charge in [0, 0.05) is 72.6 Å². The molecule has 0 radical (unpaired) electrons. The Morgan fingerprint density at radius 3 is 1.66 bits per heavy atom. The van der Waals surface area contributed by atoms with E-state index in [4.69, 9.17) is 13.8 Å². The van der Waals surface area contributed by atoms with E-state index in [-0.39, 0.29) is 67.0 Å². The molecule has 9 aromatic carbocycles. The molecule has 3 heterocycles. The van der Waals surface area contributed by atoms with Crippen LogP contribution in [0.4, 0.5) is 39.9 Å². The topological polar surface area (TPSA) is 31.8 Å². The Labute approximate surface area is 509 Å². The van der Waals surface area contributed by atoms with E-state index < -0.39 is 14.1 Å². The molecule has 7 heteroatoms. The summed E-state index contributed by atoms with van der Waals surface area (Å²) < 4.78 is 52.7. The van der Waals surface area contributed by atoms with Crippen molar-refractivity contribution in [2.75, 3.05) is 14.7 Å². The maximum atomic E-state index is 9.53. The molecule has 0 fully saturated rings. The van der Waals surface area contributed by atoms with E-state index in [1.54, 1.807) is 0 Å². The molecule has 2 aliphatic heterocycles. The van der Waals surface area contributed by atoms with Gasteiger partial charge < -0.3 is 19.4 Å². The zero-order valence-electron chi connectivity index (χ0n) is 53.8. The maximum absolute atomic E-state index is 9.53. The number of hydrogen-bond acceptors (Lipinski definition) is 5. The maximum Gasteiger partial charge on any atom is 0.135 e. The van der Waals surface area contributed by atoms with Crippen LogP contribution in [0, 0.1) is 39.6 Å². The fourth-order valence-electron chi connectivity index (χ4n) is 11.9. The van der Waals surface area contributed by atoms with Crippen LogP contribution in [0.25, 0.3) is 22.3 Å². The van der Waals surface area contributed by atoms with Gasteiger partial charge in [-0.25, -0.2) is 4.98 Å². The Bertz CT molecular complexity index is 4220. The summed E-state index contributed by atoms with van der Waals surface area (Å²) >= 11 is 0. The second-order valence-electron chi connectivity index (χ2n) is 24.7. The van der Waals surface area contributed by atoms with Crippen LogP contribution in [0.3, 0.4) is 0 Å². The molecule has 0 unspecified atom stereocenters. The second kappa shape index (κ2) is 21.5. The minimum Gasteiger partial charge on any atom is -0.509 e. The van der Waals surface area contributed by atoms with Gasteiger partial charge >= 0.3 is 0 Å². The van der Waals surface area contributed by atoms with E-state index in [2.05, 4.69) is 236 Å². The Balaban J connectivity index is 0.00000784. The first kappa shape index (κ1) is 50.0. The molecule has 414 valence electrons. The first-order valence-electron chi connectivity index (χ1n) is 30.5. The smallest absolute Gasteiger partial charge is 0.135 e. The summed E-state index contributed by atoms with van der Waals surface area (Å²) in [7, 11) is -3.04. The van der Waals surface area contributed by atoms with Gasteiger partial charge in [-0.2, -0.15) is 12.1 Å². The van der Waals surface area contributed by atoms with Gasteiger partial charge in [-0.3, -0.25) is 0 Å². The minimum atomic E-state index is -3.04. The van der Waals surface area contributed by atoms with Crippen molar-refractivity contribution in [2.24, 2.45) is 0 Å². The summed E-state index contributed by atoms with van der Waals surface area (Å²) in [6.07, 6.45) is 1.91. The first-order valence-corrected chi connectivity index (χ1v) is 30.0. The van der Waals surface area contributed by atoms with Crippen molar-refractivity contribution in [3.63, 3.8) is 0 Å². The fraction of sp³-hybridized carbons (Fsp3) is 0.200. The molecule has 0 N–H and O–H groups in total. The predicted octanol–water partition coefficient (Wildman–Crippen LogP) is 17.2. The molecule has 0 aliphatic carbocycles. The third-order valence-electron chi connectivity index (χ3n) is 16.5. The van der Waals surface area contributed by atoms with E-state index in [0.29, 0.717) is 28.4 Å². The Kier molecular flexibility index (Phi) is 13.1. The van der Waals surface area contributed by atoms with Gasteiger partial charge in [0.25, 0.3) is 0 Å². The fourth-order valence-corrected chi connectivity index (χ4v) is 17.0. The van der Waals surface area contributed by atoms with E-state index in [1.165, 1.54) is 26.7 Å². The van der Waals surface area contributed by atoms with E-state index >= 15 is 0 Å². The number of benzene rings is 9. The molecule has 0 saturated carbocycles. The Morgan fingerprint density at radius 1 is 0.500 bits per heavy atom. The van der Waals surface area contributed by atoms with Crippen LogP contribution < -0.4 is 40.2 Å². The third-order valence-corrected chi connectivity index (χ3v) is 21.3. The number of ether oxygens (including phenoxy) is 1. The molecular formula is C75H71N4OPtSi-3. The summed E-state index contributed by atoms with van der Waals surface area (Å²) in [5.74, 6) is 1.78. The monoisotopic (exact) mass is 1270 g/mol. The molecule has 82 heavy (non-hydrogen) atoms. The summed E-state index contributed by atoms with van der Waals surface area (Å²) in [6, 6.07) is 66.0. The van der Waals surface area contributed by atoms with Gasteiger partial charge in [0.1, 0.15) is 13.9 Å². The van der Waals surface area contributed by atoms with Crippen LogP contribution in [0.5, 0.6) is 11.5 Å². The number of para-hydroxylation sites is 3. The second-order valence-corrected chi connectivity index (χ2v) is 28.4. The van der Waals surface area contributed by atoms with Crippen molar-refractivity contribution < 1.29 is 32.7 Å². The van der Waals surface area contributed by atoms with Crippen LogP contribution in [-0.2, 0) is 37.3 Å². The van der Waals surface area contributed by atoms with Crippen LogP contribution >= 0.6 is 0 Å². The molecule has 0 spiro atoms. The van der Waals surface area contributed by atoms with Gasteiger partial charge in [0.2, 0.25) is 0 Å². The van der Waals surface area contributed by atoms with E-state index in [9.17, 15) is 2.74 Å². The zero-order chi connectivity index (χ0) is 60.9. The number of fused-ring (bicyclic) bond motifs is 3. The minimum absolute atomic E-state index is 0. The predicted molar refractivity (Wildman–Crippen MR) is 343 cm³/mol. The number of hydrogen-bond donors (Lipinski definition) is 0. The average Bonchev–Trinajstić information content (AvgIpc) is 1.06. The van der Waals surface area contributed by atoms with Crippen molar-refractivity contribution in [1.82, 2.24) is 4.98 Å². The molecule has 0 amide bonds. The van der Waals surface area contributed by atoms with Gasteiger partial charge in [-0.05, 0) is 117 Å². The molecule has 2 aliphatic rings. The summed E-state index contributed by atoms with van der Waals surface area (Å²) in [4.78, 5) is 11.6. The summed E-state index contributed by atoms with van der Waals surface area (Å²) in [6.45, 7) is 28.3. The largest absolute Gasteiger partial charge is 0.509 e. The molecule has 0 atom stereocenters. The number of aromatic nitrogens is 1. The van der Waals surface area contributed by atoms with Crippen molar-refractivity contribution in [3.05, 3.63) is 258 Å². The van der Waals surface area contributed by atoms with Gasteiger partial charge in [-0.15, -0.1) is 47.9 Å². The van der Waals surface area contributed by atoms with Crippen LogP contribution in [0.1, 0.15) is 103 Å². The summed E-state index contributed by atoms with van der Waals surface area (Å²) in [5, 5.41) is 4.93. The molecule has 1 aromatic heterocycles. The van der Waals surface area contributed by atoms with Crippen LogP contribution in [-0.4, -0.2) is 13.1 Å². The number of pyridine rings is 1. The average molecular weight is 1270 g/mol. The van der Waals surface area contributed by atoms with Gasteiger partial charge in [0.05, 0.1) is 6.85 Å². The van der Waals surface area contributed by atoms with Crippen molar-refractivity contribution >= 4 is 68.8 Å². The van der Waals surface area contributed by atoms with Crippen LogP contribution in [0.2, 0.25) is 0 Å². The first-order chi connectivity index (χ1) is 40.9. The van der Waals surface area contributed by atoms with E-state index in [1.807, 2.05) is 56.2 Å². The molecule has 12 rings (SSSR count). The van der Waals surface area contributed by atoms with E-state index in [0.717, 1.165) is 67.1 Å². The number of nitrogens with zero attached hydrogens (tertiary/aromatic N) is 4. The standard InChI is InChI=1S/C75H71N4OSi.Pt/c1-50-51(2)70(53-27-16-13-17-28-53)72(71(52(50)3)54-43-56(74(7,8)9)45-57(44-54)75(10,11)12)78-49-77(63-35-22-23-36-64(63)78)58-29-26-30-59(47-58)80-60-39-40-68-66(48-60)79(69-46-55(41-42-76-69)73(4,5)6)65-37-24-25-38-67(65)81(68,61-31-18-14-19-32-61)62-33-20-15-21-34-62;/h13-46,49H,1-12H3;/q-3;/i13D,16D,17D,27D,28D;. The van der Waals surface area contributed by atoms with Gasteiger partial charge in [0.15, 0.2) is 0 Å². The molecule has 0 bridgehead atoms. The van der Waals surface area contributed by atoms with Crippen molar-refractivity contribution in [3.8, 4) is 33.8 Å². The number of anilines is 7. The quantitative estimate of drug-likeness (QED) is 0.106. The Hall–Kier alpha value is -7.76. The Morgan fingerprint density at radius 2 is 1.05 bits per heavy atom. The zero-order valence-corrected chi connectivity index (χ0v) is 52.1. The molecule has 5 nitrogen and oxygen atoms in total. The molecular weight excluding hydrogens is 1200 g/mol. The van der Waals surface area contributed by atoms with Crippen LogP contribution in [0.15, 0.2) is 206 Å². The SMILES string of the molecule is [2H]c1c([2H])c([2H])c(-c2c(C)c(C)c(C)c(-c3cc(C(C)(C)C)cc(C(C)(C)C)c3)c2N2[CH-]N(c3[c-]c(Oc4[c-]c5c(cc4)[Si](c4ccccc4)(c4ccccc4)c4ccccc4N5c4cc(C(C)(C)C)ccn4)ccc3)c3ccccc32)c([2H])c1[2H].[Pt]. The number of rotatable bonds is 9. The normalized spacial score (nSPS) is 14.6.